The van der Waals surface area contributed by atoms with Crippen molar-refractivity contribution in [2.24, 2.45) is 16.6 Å². The van der Waals surface area contributed by atoms with Crippen LogP contribution in [0.5, 0.6) is 0 Å². The van der Waals surface area contributed by atoms with Crippen LogP contribution < -0.4 is 5.73 Å². The summed E-state index contributed by atoms with van der Waals surface area (Å²) in [6.45, 7) is 7.26. The second kappa shape index (κ2) is 5.54. The number of nitrogens with two attached hydrogens (primary N) is 1. The van der Waals surface area contributed by atoms with E-state index < -0.39 is 0 Å². The lowest BCUT2D eigenvalue weighted by molar-refractivity contribution is 0.277. The number of thiophene rings is 1. The minimum atomic E-state index is 0.713. The molecule has 0 spiro atoms. The van der Waals surface area contributed by atoms with Crippen LogP contribution in [0.1, 0.15) is 30.2 Å². The van der Waals surface area contributed by atoms with Crippen molar-refractivity contribution < 1.29 is 0 Å². The van der Waals surface area contributed by atoms with Crippen molar-refractivity contribution in [3.63, 3.8) is 0 Å². The third-order valence-corrected chi connectivity index (χ3v) is 4.47. The summed E-state index contributed by atoms with van der Waals surface area (Å²) in [4.78, 5) is 8.04. The molecule has 1 aliphatic rings. The Bertz CT molecular complexity index is 389. The van der Waals surface area contributed by atoms with E-state index in [-0.39, 0.29) is 0 Å². The molecule has 4 heteroatoms. The number of likely N-dealkylation sites (tertiary alicyclic amines) is 1. The van der Waals surface area contributed by atoms with Gasteiger partial charge in [-0.1, -0.05) is 6.92 Å². The van der Waals surface area contributed by atoms with Gasteiger partial charge in [0.05, 0.1) is 6.54 Å². The zero-order valence-electron chi connectivity index (χ0n) is 10.6. The summed E-state index contributed by atoms with van der Waals surface area (Å²) in [6.07, 6.45) is 2.46. The fourth-order valence-electron chi connectivity index (χ4n) is 2.06. The van der Waals surface area contributed by atoms with E-state index in [9.17, 15) is 0 Å². The highest BCUT2D eigenvalue weighted by Gasteiger charge is 2.16. The first-order valence-electron chi connectivity index (χ1n) is 6.24. The van der Waals surface area contributed by atoms with Gasteiger partial charge in [0.2, 0.25) is 0 Å². The van der Waals surface area contributed by atoms with Gasteiger partial charge in [0.1, 0.15) is 0 Å². The lowest BCUT2D eigenvalue weighted by atomic mass is 10.00. The summed E-state index contributed by atoms with van der Waals surface area (Å²) in [7, 11) is 0. The van der Waals surface area contributed by atoms with Crippen molar-refractivity contribution in [3.05, 3.63) is 21.9 Å². The molecule has 1 aromatic rings. The Morgan fingerprint density at radius 3 is 2.82 bits per heavy atom. The molecule has 0 amide bonds. The van der Waals surface area contributed by atoms with Crippen LogP contribution in [0.15, 0.2) is 16.4 Å². The SMILES string of the molecule is Cc1ccsc1CN=C(N)N1CCC(C)CC1. The third kappa shape index (κ3) is 3.22. The molecule has 94 valence electrons. The zero-order valence-corrected chi connectivity index (χ0v) is 11.5. The molecule has 3 nitrogen and oxygen atoms in total. The summed E-state index contributed by atoms with van der Waals surface area (Å²) in [5.74, 6) is 1.54. The van der Waals surface area contributed by atoms with Gasteiger partial charge in [-0.05, 0) is 42.7 Å². The maximum atomic E-state index is 6.04. The molecule has 2 rings (SSSR count). The molecule has 0 aromatic carbocycles. The molecule has 1 aromatic heterocycles. The van der Waals surface area contributed by atoms with Gasteiger partial charge >= 0.3 is 0 Å². The molecule has 0 bridgehead atoms. The van der Waals surface area contributed by atoms with Crippen molar-refractivity contribution in [1.82, 2.24) is 4.90 Å². The maximum absolute atomic E-state index is 6.04. The number of rotatable bonds is 2. The molecule has 1 fully saturated rings. The maximum Gasteiger partial charge on any atom is 0.191 e. The molecule has 17 heavy (non-hydrogen) atoms. The van der Waals surface area contributed by atoms with Crippen LogP contribution in [0, 0.1) is 12.8 Å². The Hall–Kier alpha value is -1.03. The van der Waals surface area contributed by atoms with E-state index in [1.165, 1.54) is 23.3 Å². The van der Waals surface area contributed by atoms with Gasteiger partial charge in [-0.3, -0.25) is 0 Å². The first-order chi connectivity index (χ1) is 8.16. The van der Waals surface area contributed by atoms with Crippen LogP contribution in [-0.4, -0.2) is 23.9 Å². The highest BCUT2D eigenvalue weighted by atomic mass is 32.1. The number of piperidine rings is 1. The van der Waals surface area contributed by atoms with Crippen molar-refractivity contribution >= 4 is 17.3 Å². The lowest BCUT2D eigenvalue weighted by Crippen LogP contribution is -2.42. The Kier molecular flexibility index (Phi) is 4.05. The van der Waals surface area contributed by atoms with Crippen LogP contribution in [0.2, 0.25) is 0 Å². The molecule has 0 saturated carbocycles. The molecule has 0 aliphatic carbocycles. The largest absolute Gasteiger partial charge is 0.370 e. The van der Waals surface area contributed by atoms with Gasteiger partial charge in [0, 0.05) is 18.0 Å². The quantitative estimate of drug-likeness (QED) is 0.648. The normalized spacial score (nSPS) is 18.7. The van der Waals surface area contributed by atoms with Crippen molar-refractivity contribution in [2.45, 2.75) is 33.2 Å². The summed E-state index contributed by atoms with van der Waals surface area (Å²) in [5.41, 5.74) is 7.36. The van der Waals surface area contributed by atoms with E-state index in [1.807, 2.05) is 0 Å². The molecule has 0 atom stereocenters. The van der Waals surface area contributed by atoms with Gasteiger partial charge < -0.3 is 10.6 Å². The zero-order chi connectivity index (χ0) is 12.3. The molecule has 2 heterocycles. The van der Waals surface area contributed by atoms with Crippen LogP contribution in [0.3, 0.4) is 0 Å². The van der Waals surface area contributed by atoms with E-state index in [4.69, 9.17) is 5.73 Å². The molecule has 0 unspecified atom stereocenters. The highest BCUT2D eigenvalue weighted by Crippen LogP contribution is 2.18. The average molecular weight is 251 g/mol. The average Bonchev–Trinajstić information content (AvgIpc) is 2.73. The highest BCUT2D eigenvalue weighted by molar-refractivity contribution is 7.10. The molecule has 1 saturated heterocycles. The summed E-state index contributed by atoms with van der Waals surface area (Å²) >= 11 is 1.76. The number of guanidine groups is 1. The third-order valence-electron chi connectivity index (χ3n) is 3.46. The molecule has 0 radical (unpaired) electrons. The van der Waals surface area contributed by atoms with E-state index in [2.05, 4.69) is 35.2 Å². The molecular formula is C13H21N3S. The Morgan fingerprint density at radius 1 is 1.53 bits per heavy atom. The van der Waals surface area contributed by atoms with Crippen molar-refractivity contribution in [3.8, 4) is 0 Å². The Labute approximate surface area is 107 Å². The monoisotopic (exact) mass is 251 g/mol. The van der Waals surface area contributed by atoms with Crippen LogP contribution in [-0.2, 0) is 6.54 Å². The van der Waals surface area contributed by atoms with Gasteiger partial charge in [0.25, 0.3) is 0 Å². The summed E-state index contributed by atoms with van der Waals surface area (Å²) < 4.78 is 0. The predicted molar refractivity (Wildman–Crippen MR) is 74.4 cm³/mol. The topological polar surface area (TPSA) is 41.6 Å². The van der Waals surface area contributed by atoms with Gasteiger partial charge in [0.15, 0.2) is 5.96 Å². The van der Waals surface area contributed by atoms with Crippen molar-refractivity contribution in [2.75, 3.05) is 13.1 Å². The minimum Gasteiger partial charge on any atom is -0.370 e. The standard InChI is InChI=1S/C13H21N3S/c1-10-3-6-16(7-4-10)13(14)15-9-12-11(2)5-8-17-12/h5,8,10H,3-4,6-7,9H2,1-2H3,(H2,14,15). The van der Waals surface area contributed by atoms with Gasteiger partial charge in [-0.2, -0.15) is 0 Å². The predicted octanol–water partition coefficient (Wildman–Crippen LogP) is 2.60. The second-order valence-corrected chi connectivity index (χ2v) is 5.87. The number of aliphatic imine (C=N–C) groups is 1. The fourth-order valence-corrected chi connectivity index (χ4v) is 2.89. The lowest BCUT2D eigenvalue weighted by Gasteiger charge is -2.31. The van der Waals surface area contributed by atoms with E-state index in [0.29, 0.717) is 5.96 Å². The summed E-state index contributed by atoms with van der Waals surface area (Å²) in [6, 6.07) is 2.13. The van der Waals surface area contributed by atoms with Crippen LogP contribution in [0.4, 0.5) is 0 Å². The molecule has 1 aliphatic heterocycles. The van der Waals surface area contributed by atoms with Crippen LogP contribution in [0.25, 0.3) is 0 Å². The van der Waals surface area contributed by atoms with E-state index in [0.717, 1.165) is 25.6 Å². The summed E-state index contributed by atoms with van der Waals surface area (Å²) in [5, 5.41) is 2.11. The first-order valence-corrected chi connectivity index (χ1v) is 7.12. The fraction of sp³-hybridized carbons (Fsp3) is 0.615. The van der Waals surface area contributed by atoms with E-state index in [1.54, 1.807) is 11.3 Å². The number of aryl methyl sites for hydroxylation is 1. The molecular weight excluding hydrogens is 230 g/mol. The van der Waals surface area contributed by atoms with Crippen LogP contribution >= 0.6 is 11.3 Å². The number of hydrogen-bond donors (Lipinski definition) is 1. The molecule has 2 N–H and O–H groups in total. The van der Waals surface area contributed by atoms with Gasteiger partial charge in [-0.25, -0.2) is 4.99 Å². The van der Waals surface area contributed by atoms with Crippen molar-refractivity contribution in [1.29, 1.82) is 0 Å². The number of hydrogen-bond acceptors (Lipinski definition) is 2. The van der Waals surface area contributed by atoms with E-state index >= 15 is 0 Å². The number of nitrogens with zero attached hydrogens (tertiary/aromatic N) is 2. The van der Waals surface area contributed by atoms with Gasteiger partial charge in [-0.15, -0.1) is 11.3 Å². The minimum absolute atomic E-state index is 0.713. The smallest absolute Gasteiger partial charge is 0.191 e. The second-order valence-electron chi connectivity index (χ2n) is 4.87. The Balaban J connectivity index is 1.91. The Morgan fingerprint density at radius 2 is 2.24 bits per heavy atom. The first kappa shape index (κ1) is 12.4.